The number of pyridine rings is 3. The average Bonchev–Trinajstić information content (AvgIpc) is 3.46. The molecular weight excluding hydrogens is 480 g/mol. The summed E-state index contributed by atoms with van der Waals surface area (Å²) in [5, 5.41) is 0. The van der Waals surface area contributed by atoms with Crippen molar-refractivity contribution < 1.29 is 4.42 Å². The molecule has 7 rings (SSSR count). The van der Waals surface area contributed by atoms with Gasteiger partial charge < -0.3 is 4.42 Å². The summed E-state index contributed by atoms with van der Waals surface area (Å²) in [5.41, 5.74) is 10.7. The molecule has 5 heteroatoms. The van der Waals surface area contributed by atoms with E-state index in [1.54, 1.807) is 18.6 Å². The van der Waals surface area contributed by atoms with Crippen LogP contribution in [0.3, 0.4) is 0 Å². The monoisotopic (exact) mass is 502 g/mol. The minimum atomic E-state index is 0.564. The van der Waals surface area contributed by atoms with Crippen molar-refractivity contribution >= 4 is 11.1 Å². The van der Waals surface area contributed by atoms with Crippen LogP contribution >= 0.6 is 0 Å². The highest BCUT2D eigenvalue weighted by molar-refractivity contribution is 5.97. The number of rotatable bonds is 5. The van der Waals surface area contributed by atoms with Crippen LogP contribution in [-0.2, 0) is 0 Å². The van der Waals surface area contributed by atoms with Gasteiger partial charge >= 0.3 is 0 Å². The molecule has 4 aromatic heterocycles. The zero-order chi connectivity index (χ0) is 26.0. The predicted octanol–water partition coefficient (Wildman–Crippen LogP) is 8.35. The van der Waals surface area contributed by atoms with E-state index in [0.29, 0.717) is 5.89 Å². The molecule has 4 heterocycles. The molecule has 3 aromatic carbocycles. The van der Waals surface area contributed by atoms with Gasteiger partial charge in [0.05, 0.1) is 5.56 Å². The molecule has 0 aliphatic heterocycles. The lowest BCUT2D eigenvalue weighted by Gasteiger charge is -2.17. The first kappa shape index (κ1) is 22.8. The summed E-state index contributed by atoms with van der Waals surface area (Å²) >= 11 is 0. The highest BCUT2D eigenvalue weighted by Crippen LogP contribution is 2.44. The van der Waals surface area contributed by atoms with Gasteiger partial charge in [-0.3, -0.25) is 15.0 Å². The summed E-state index contributed by atoms with van der Waals surface area (Å²) in [7, 11) is 0. The Labute approximate surface area is 225 Å². The molecule has 0 aliphatic rings. The highest BCUT2D eigenvalue weighted by atomic mass is 16.3. The van der Waals surface area contributed by atoms with Crippen molar-refractivity contribution in [3.8, 4) is 56.0 Å². The molecule has 39 heavy (non-hydrogen) atoms. The van der Waals surface area contributed by atoms with Gasteiger partial charge in [0.1, 0.15) is 5.52 Å². The number of hydrogen-bond acceptors (Lipinski definition) is 5. The van der Waals surface area contributed by atoms with Gasteiger partial charge in [0.15, 0.2) is 5.58 Å². The van der Waals surface area contributed by atoms with Crippen LogP contribution in [0.1, 0.15) is 0 Å². The van der Waals surface area contributed by atoms with Gasteiger partial charge in [0.2, 0.25) is 5.89 Å². The molecule has 0 spiro atoms. The highest BCUT2D eigenvalue weighted by Gasteiger charge is 2.21. The summed E-state index contributed by atoms with van der Waals surface area (Å²) in [6.07, 6.45) is 11.0. The molecule has 0 unspecified atom stereocenters. The maximum Gasteiger partial charge on any atom is 0.228 e. The van der Waals surface area contributed by atoms with Crippen LogP contribution in [0, 0.1) is 0 Å². The predicted molar refractivity (Wildman–Crippen MR) is 155 cm³/mol. The molecule has 184 valence electrons. The number of nitrogens with zero attached hydrogens (tertiary/aromatic N) is 4. The second-order valence-electron chi connectivity index (χ2n) is 9.24. The van der Waals surface area contributed by atoms with Crippen LogP contribution in [0.25, 0.3) is 67.1 Å². The van der Waals surface area contributed by atoms with Crippen molar-refractivity contribution in [2.45, 2.75) is 0 Å². The average molecular weight is 503 g/mol. The van der Waals surface area contributed by atoms with E-state index < -0.39 is 0 Å². The number of aromatic nitrogens is 4. The smallest absolute Gasteiger partial charge is 0.228 e. The van der Waals surface area contributed by atoms with Crippen LogP contribution in [0.5, 0.6) is 0 Å². The number of benzene rings is 3. The zero-order valence-electron chi connectivity index (χ0n) is 20.9. The molecule has 0 fully saturated rings. The Bertz CT molecular complexity index is 1870. The standard InChI is InChI=1S/C34H22N4O/c1-2-13-32-31(12-1)38-34(39-32)33-29(24-8-3-7-23(17-24)25-9-4-14-35-20-25)18-28(26-10-5-15-36-21-26)19-30(33)27-11-6-16-37-22-27/h1-22H. The molecule has 0 saturated carbocycles. The summed E-state index contributed by atoms with van der Waals surface area (Å²) in [5.74, 6) is 0.564. The van der Waals surface area contributed by atoms with Crippen molar-refractivity contribution in [2.75, 3.05) is 0 Å². The van der Waals surface area contributed by atoms with Gasteiger partial charge in [-0.2, -0.15) is 0 Å². The number of oxazole rings is 1. The summed E-state index contributed by atoms with van der Waals surface area (Å²) in [6, 6.07) is 32.8. The first-order valence-electron chi connectivity index (χ1n) is 12.7. The van der Waals surface area contributed by atoms with Crippen LogP contribution in [0.2, 0.25) is 0 Å². The third-order valence-corrected chi connectivity index (χ3v) is 6.78. The zero-order valence-corrected chi connectivity index (χ0v) is 20.9. The van der Waals surface area contributed by atoms with Gasteiger partial charge in [-0.25, -0.2) is 4.98 Å². The molecule has 0 aliphatic carbocycles. The van der Waals surface area contributed by atoms with E-state index in [9.17, 15) is 0 Å². The number of fused-ring (bicyclic) bond motifs is 1. The first-order chi connectivity index (χ1) is 19.3. The summed E-state index contributed by atoms with van der Waals surface area (Å²) in [4.78, 5) is 18.1. The van der Waals surface area contributed by atoms with Crippen LogP contribution in [0.4, 0.5) is 0 Å². The molecule has 0 radical (unpaired) electrons. The van der Waals surface area contributed by atoms with Crippen molar-refractivity contribution in [1.82, 2.24) is 19.9 Å². The van der Waals surface area contributed by atoms with Crippen LogP contribution < -0.4 is 0 Å². The minimum absolute atomic E-state index is 0.564. The van der Waals surface area contributed by atoms with E-state index in [4.69, 9.17) is 9.40 Å². The van der Waals surface area contributed by atoms with Crippen molar-refractivity contribution in [3.05, 3.63) is 134 Å². The number of para-hydroxylation sites is 2. The third-order valence-electron chi connectivity index (χ3n) is 6.78. The minimum Gasteiger partial charge on any atom is -0.436 e. The van der Waals surface area contributed by atoms with Crippen molar-refractivity contribution in [3.63, 3.8) is 0 Å². The SMILES string of the molecule is c1cncc(-c2cccc(-c3cc(-c4cccnc4)cc(-c4cccnc4)c3-c3nc4ccccc4o3)c2)c1. The molecule has 5 nitrogen and oxygen atoms in total. The molecular formula is C34H22N4O. The van der Waals surface area contributed by atoms with Crippen molar-refractivity contribution in [1.29, 1.82) is 0 Å². The van der Waals surface area contributed by atoms with E-state index in [1.807, 2.05) is 61.1 Å². The van der Waals surface area contributed by atoms with Gasteiger partial charge in [0, 0.05) is 53.9 Å². The van der Waals surface area contributed by atoms with E-state index in [0.717, 1.165) is 61.2 Å². The first-order valence-corrected chi connectivity index (χ1v) is 12.7. The van der Waals surface area contributed by atoms with Crippen LogP contribution in [-0.4, -0.2) is 19.9 Å². The Hall–Kier alpha value is -5.42. The van der Waals surface area contributed by atoms with E-state index in [2.05, 4.69) is 69.5 Å². The summed E-state index contributed by atoms with van der Waals surface area (Å²) in [6.45, 7) is 0. The van der Waals surface area contributed by atoms with Crippen molar-refractivity contribution in [2.24, 2.45) is 0 Å². The Morgan fingerprint density at radius 2 is 1.05 bits per heavy atom. The largest absolute Gasteiger partial charge is 0.436 e. The quantitative estimate of drug-likeness (QED) is 0.237. The Morgan fingerprint density at radius 3 is 1.72 bits per heavy atom. The maximum atomic E-state index is 6.39. The fourth-order valence-corrected chi connectivity index (χ4v) is 4.93. The lowest BCUT2D eigenvalue weighted by Crippen LogP contribution is -1.94. The fraction of sp³-hybridized carbons (Fsp3) is 0. The Morgan fingerprint density at radius 1 is 0.462 bits per heavy atom. The maximum absolute atomic E-state index is 6.39. The second kappa shape index (κ2) is 9.80. The Kier molecular flexibility index (Phi) is 5.72. The lowest BCUT2D eigenvalue weighted by atomic mass is 9.87. The van der Waals surface area contributed by atoms with E-state index in [1.165, 1.54) is 0 Å². The number of hydrogen-bond donors (Lipinski definition) is 0. The van der Waals surface area contributed by atoms with Gasteiger partial charge in [0.25, 0.3) is 0 Å². The topological polar surface area (TPSA) is 64.7 Å². The fourth-order valence-electron chi connectivity index (χ4n) is 4.93. The van der Waals surface area contributed by atoms with E-state index >= 15 is 0 Å². The third kappa shape index (κ3) is 4.36. The van der Waals surface area contributed by atoms with Gasteiger partial charge in [-0.15, -0.1) is 0 Å². The molecule has 0 saturated heterocycles. The molecule has 0 bridgehead atoms. The van der Waals surface area contributed by atoms with Gasteiger partial charge in [-0.1, -0.05) is 48.5 Å². The van der Waals surface area contributed by atoms with Crippen LogP contribution in [0.15, 0.2) is 139 Å². The normalized spacial score (nSPS) is 11.1. The molecule has 0 N–H and O–H groups in total. The second-order valence-corrected chi connectivity index (χ2v) is 9.24. The van der Waals surface area contributed by atoms with Gasteiger partial charge in [-0.05, 0) is 76.3 Å². The Balaban J connectivity index is 1.55. The summed E-state index contributed by atoms with van der Waals surface area (Å²) < 4.78 is 6.39. The molecule has 0 amide bonds. The lowest BCUT2D eigenvalue weighted by molar-refractivity contribution is 0.620. The molecule has 0 atom stereocenters. The van der Waals surface area contributed by atoms with E-state index in [-0.39, 0.29) is 0 Å². The molecule has 7 aromatic rings.